The zero-order chi connectivity index (χ0) is 28.3. The van der Waals surface area contributed by atoms with Crippen LogP contribution in [0, 0.1) is 18.3 Å². The van der Waals surface area contributed by atoms with E-state index in [4.69, 9.17) is 40.5 Å². The molecule has 3 N–H and O–H groups in total. The smallest absolute Gasteiger partial charge is 0.221 e. The van der Waals surface area contributed by atoms with Crippen molar-refractivity contribution in [3.8, 4) is 11.8 Å². The Bertz CT molecular complexity index is 1600. The lowest BCUT2D eigenvalue weighted by Gasteiger charge is -2.24. The molecule has 0 saturated carbocycles. The molecule has 0 aliphatic rings. The highest BCUT2D eigenvalue weighted by Crippen LogP contribution is 2.38. The summed E-state index contributed by atoms with van der Waals surface area (Å²) in [5.41, 5.74) is 9.69. The molecule has 4 aromatic rings. The Balaban J connectivity index is 1.81. The summed E-state index contributed by atoms with van der Waals surface area (Å²) in [6.45, 7) is 5.75. The Morgan fingerprint density at radius 3 is 2.31 bits per heavy atom. The molecule has 0 saturated heterocycles. The number of carbonyl (C=O) groups excluding carboxylic acids is 1. The van der Waals surface area contributed by atoms with Gasteiger partial charge in [0.2, 0.25) is 5.91 Å². The molecule has 0 atom stereocenters. The fraction of sp³-hybridized carbons (Fsp3) is 0.148. The molecule has 1 aromatic heterocycles. The number of hydrogen-bond acceptors (Lipinski definition) is 7. The van der Waals surface area contributed by atoms with E-state index in [0.29, 0.717) is 40.0 Å². The molecule has 198 valence electrons. The molecule has 0 aliphatic heterocycles. The minimum atomic E-state index is -0.280. The van der Waals surface area contributed by atoms with Crippen LogP contribution >= 0.6 is 34.8 Å². The van der Waals surface area contributed by atoms with Gasteiger partial charge in [-0.25, -0.2) is 4.68 Å². The van der Waals surface area contributed by atoms with Gasteiger partial charge in [-0.15, -0.1) is 10.2 Å². The monoisotopic (exact) mass is 580 g/mol. The van der Waals surface area contributed by atoms with Crippen molar-refractivity contribution in [1.29, 1.82) is 5.26 Å². The highest BCUT2D eigenvalue weighted by Gasteiger charge is 2.21. The largest absolute Gasteiger partial charge is 0.399 e. The van der Waals surface area contributed by atoms with Gasteiger partial charge in [0.25, 0.3) is 0 Å². The average molecular weight is 582 g/mol. The van der Waals surface area contributed by atoms with Crippen LogP contribution in [0.4, 0.5) is 34.3 Å². The van der Waals surface area contributed by atoms with E-state index in [1.165, 1.54) is 23.7 Å². The molecular weight excluding hydrogens is 559 g/mol. The number of amides is 1. The lowest BCUT2D eigenvalue weighted by atomic mass is 10.2. The summed E-state index contributed by atoms with van der Waals surface area (Å²) in [4.78, 5) is 14.1. The number of rotatable bonds is 7. The van der Waals surface area contributed by atoms with E-state index in [9.17, 15) is 10.1 Å². The van der Waals surface area contributed by atoms with Gasteiger partial charge in [0.1, 0.15) is 23.0 Å². The Labute approximate surface area is 240 Å². The maximum atomic E-state index is 12.0. The topological polar surface area (TPSA) is 125 Å². The number of nitriles is 1. The highest BCUT2D eigenvalue weighted by molar-refractivity contribution is 6.38. The second-order valence-electron chi connectivity index (χ2n) is 8.44. The van der Waals surface area contributed by atoms with Crippen LogP contribution in [-0.2, 0) is 4.79 Å². The van der Waals surface area contributed by atoms with Crippen molar-refractivity contribution in [2.45, 2.75) is 20.8 Å². The number of benzene rings is 3. The van der Waals surface area contributed by atoms with Gasteiger partial charge in [0, 0.05) is 35.6 Å². The number of nitrogens with two attached hydrogens (primary N) is 1. The average Bonchev–Trinajstić information content (AvgIpc) is 3.18. The maximum absolute atomic E-state index is 12.0. The molecule has 0 fully saturated rings. The third kappa shape index (κ3) is 5.99. The van der Waals surface area contributed by atoms with E-state index >= 15 is 0 Å². The summed E-state index contributed by atoms with van der Waals surface area (Å²) in [5.74, 6) is -0.157. The quantitative estimate of drug-likeness (QED) is 0.168. The fourth-order valence-electron chi connectivity index (χ4n) is 3.99. The van der Waals surface area contributed by atoms with Gasteiger partial charge < -0.3 is 16.0 Å². The Hall–Kier alpha value is -4.10. The van der Waals surface area contributed by atoms with Gasteiger partial charge in [0.15, 0.2) is 5.82 Å². The highest BCUT2D eigenvalue weighted by atomic mass is 35.5. The molecule has 39 heavy (non-hydrogen) atoms. The van der Waals surface area contributed by atoms with Crippen LogP contribution in [0.2, 0.25) is 15.1 Å². The van der Waals surface area contributed by atoms with Crippen molar-refractivity contribution < 1.29 is 4.79 Å². The first-order chi connectivity index (χ1) is 18.6. The predicted octanol–water partition coefficient (Wildman–Crippen LogP) is 8.13. The van der Waals surface area contributed by atoms with Crippen molar-refractivity contribution in [1.82, 2.24) is 9.78 Å². The van der Waals surface area contributed by atoms with Crippen molar-refractivity contribution in [3.63, 3.8) is 0 Å². The van der Waals surface area contributed by atoms with E-state index < -0.39 is 0 Å². The van der Waals surface area contributed by atoms with E-state index in [1.807, 2.05) is 37.3 Å². The van der Waals surface area contributed by atoms with Gasteiger partial charge in [-0.3, -0.25) is 4.79 Å². The summed E-state index contributed by atoms with van der Waals surface area (Å²) in [6.07, 6.45) is 0. The zero-order valence-corrected chi connectivity index (χ0v) is 23.5. The Morgan fingerprint density at radius 1 is 1.08 bits per heavy atom. The first kappa shape index (κ1) is 27.9. The first-order valence-corrected chi connectivity index (χ1v) is 12.9. The van der Waals surface area contributed by atoms with Crippen LogP contribution in [0.25, 0.3) is 5.69 Å². The van der Waals surface area contributed by atoms with E-state index in [-0.39, 0.29) is 27.3 Å². The normalized spacial score (nSPS) is 11.0. The summed E-state index contributed by atoms with van der Waals surface area (Å²) in [5, 5.41) is 26.9. The van der Waals surface area contributed by atoms with Gasteiger partial charge in [-0.05, 0) is 68.4 Å². The van der Waals surface area contributed by atoms with Crippen molar-refractivity contribution in [3.05, 3.63) is 80.9 Å². The lowest BCUT2D eigenvalue weighted by Crippen LogP contribution is -2.16. The number of anilines is 4. The molecule has 1 heterocycles. The number of aryl methyl sites for hydroxylation is 1. The van der Waals surface area contributed by atoms with E-state index in [1.54, 1.807) is 19.1 Å². The molecule has 0 radical (unpaired) electrons. The second-order valence-corrected chi connectivity index (χ2v) is 9.69. The van der Waals surface area contributed by atoms with Crippen LogP contribution < -0.4 is 16.0 Å². The van der Waals surface area contributed by atoms with Crippen LogP contribution in [0.3, 0.4) is 0 Å². The van der Waals surface area contributed by atoms with Crippen molar-refractivity contribution >= 4 is 75.0 Å². The maximum Gasteiger partial charge on any atom is 0.221 e. The molecule has 3 aromatic carbocycles. The van der Waals surface area contributed by atoms with E-state index in [0.717, 1.165) is 11.4 Å². The third-order valence-electron chi connectivity index (χ3n) is 5.71. The molecule has 4 rings (SSSR count). The second kappa shape index (κ2) is 11.7. The number of nitrogen functional groups attached to an aromatic ring is 1. The molecule has 0 bridgehead atoms. The number of carbonyl (C=O) groups is 1. The van der Waals surface area contributed by atoms with Crippen LogP contribution in [0.1, 0.15) is 25.1 Å². The van der Waals surface area contributed by atoms with Crippen LogP contribution in [0.5, 0.6) is 0 Å². The van der Waals surface area contributed by atoms with E-state index in [2.05, 4.69) is 31.6 Å². The number of azo groups is 1. The molecule has 0 unspecified atom stereocenters. The number of aromatic nitrogens is 2. The van der Waals surface area contributed by atoms with Gasteiger partial charge in [-0.1, -0.05) is 34.8 Å². The van der Waals surface area contributed by atoms with Crippen molar-refractivity contribution in [2.75, 3.05) is 22.5 Å². The summed E-state index contributed by atoms with van der Waals surface area (Å²) >= 11 is 18.9. The van der Waals surface area contributed by atoms with Gasteiger partial charge in [0.05, 0.1) is 21.4 Å². The van der Waals surface area contributed by atoms with Crippen molar-refractivity contribution in [2.24, 2.45) is 10.2 Å². The number of hydrogen-bond donors (Lipinski definition) is 2. The standard InChI is InChI=1S/C27H23Cl3N8O/c1-4-37(19-7-5-17(28)6-8-19)20-9-10-24(25(13-20)33-16(3)39)34-35-27-21(14-31)15(2)36-38(27)26-22(29)11-18(32)12-23(26)30/h5-13H,4,32H2,1-3H3,(H,33,39). The van der Waals surface area contributed by atoms with Crippen LogP contribution in [-0.4, -0.2) is 22.2 Å². The Morgan fingerprint density at radius 2 is 1.72 bits per heavy atom. The number of halogens is 3. The first-order valence-electron chi connectivity index (χ1n) is 11.7. The molecular formula is C27H23Cl3N8O. The SMILES string of the molecule is CCN(c1ccc(Cl)cc1)c1ccc(N=Nc2c(C#N)c(C)nn2-c2c(Cl)cc(N)cc2Cl)c(NC(C)=O)c1. The van der Waals surface area contributed by atoms with Gasteiger partial charge in [-0.2, -0.15) is 10.4 Å². The lowest BCUT2D eigenvalue weighted by molar-refractivity contribution is -0.114. The fourth-order valence-corrected chi connectivity index (χ4v) is 4.78. The molecule has 9 nitrogen and oxygen atoms in total. The van der Waals surface area contributed by atoms with Crippen LogP contribution in [0.15, 0.2) is 64.8 Å². The molecule has 0 spiro atoms. The predicted molar refractivity (Wildman–Crippen MR) is 157 cm³/mol. The zero-order valence-electron chi connectivity index (χ0n) is 21.2. The number of nitrogens with zero attached hydrogens (tertiary/aromatic N) is 6. The third-order valence-corrected chi connectivity index (χ3v) is 6.54. The minimum Gasteiger partial charge on any atom is -0.399 e. The summed E-state index contributed by atoms with van der Waals surface area (Å²) < 4.78 is 1.35. The molecule has 1 amide bonds. The summed E-state index contributed by atoms with van der Waals surface area (Å²) in [7, 11) is 0. The summed E-state index contributed by atoms with van der Waals surface area (Å²) in [6, 6.07) is 18.0. The molecule has 12 heteroatoms. The minimum absolute atomic E-state index is 0.123. The van der Waals surface area contributed by atoms with Gasteiger partial charge >= 0.3 is 0 Å². The Kier molecular flexibility index (Phi) is 8.41. The molecule has 0 aliphatic carbocycles. The number of nitrogens with one attached hydrogen (secondary N) is 1.